The topological polar surface area (TPSA) is 105 Å². The third-order valence-electron chi connectivity index (χ3n) is 9.24. The number of hydrogen-bond acceptors (Lipinski definition) is 10. The van der Waals surface area contributed by atoms with E-state index in [0.29, 0.717) is 10.8 Å². The highest BCUT2D eigenvalue weighted by atomic mass is 32.1. The molecule has 6 aromatic rings. The third kappa shape index (κ3) is 8.18. The van der Waals surface area contributed by atoms with Crippen molar-refractivity contribution in [2.45, 2.75) is 40.9 Å². The van der Waals surface area contributed by atoms with Crippen molar-refractivity contribution >= 4 is 74.4 Å². The molecular formula is C40H48N4O4S2. The average Bonchev–Trinajstić information content (AvgIpc) is 3.15. The van der Waals surface area contributed by atoms with Crippen molar-refractivity contribution in [3.63, 3.8) is 0 Å². The van der Waals surface area contributed by atoms with Gasteiger partial charge in [-0.15, -0.1) is 22.7 Å². The molecule has 0 saturated carbocycles. The molecule has 0 atom stereocenters. The van der Waals surface area contributed by atoms with E-state index < -0.39 is 0 Å². The second-order valence-electron chi connectivity index (χ2n) is 12.0. The molecular weight excluding hydrogens is 665 g/mol. The summed E-state index contributed by atoms with van der Waals surface area (Å²) < 4.78 is 3.66. The first kappa shape index (κ1) is 37.4. The highest BCUT2D eigenvalue weighted by molar-refractivity contribution is 7.25. The Labute approximate surface area is 301 Å². The van der Waals surface area contributed by atoms with E-state index in [1.54, 1.807) is 22.7 Å². The predicted octanol–water partition coefficient (Wildman–Crippen LogP) is 7.32. The van der Waals surface area contributed by atoms with Crippen LogP contribution in [0.15, 0.2) is 82.4 Å². The number of hydrogen-bond donors (Lipinski definition) is 4. The Morgan fingerprint density at radius 2 is 0.940 bits per heavy atom. The van der Waals surface area contributed by atoms with Gasteiger partial charge in [-0.1, -0.05) is 64.1 Å². The molecule has 0 aliphatic heterocycles. The van der Waals surface area contributed by atoms with Crippen LogP contribution in [0.4, 0.5) is 11.4 Å². The van der Waals surface area contributed by atoms with Crippen molar-refractivity contribution in [2.24, 2.45) is 0 Å². The molecule has 10 heteroatoms. The monoisotopic (exact) mass is 712 g/mol. The van der Waals surface area contributed by atoms with E-state index in [9.17, 15) is 19.8 Å². The molecule has 4 N–H and O–H groups in total. The SMILES string of the molecule is CCN(CC)CCNc1ccc(CO)c2sc3ccccc3c(=O)c12.CCN(CC)CCNc1ccc(CO)c2sc3ccccc3c(=O)c12. The van der Waals surface area contributed by atoms with Crippen LogP contribution in [0.2, 0.25) is 0 Å². The van der Waals surface area contributed by atoms with Crippen LogP contribution < -0.4 is 21.5 Å². The van der Waals surface area contributed by atoms with Crippen LogP contribution in [0.3, 0.4) is 0 Å². The van der Waals surface area contributed by atoms with Gasteiger partial charge in [0.15, 0.2) is 10.9 Å². The molecule has 0 fully saturated rings. The van der Waals surface area contributed by atoms with E-state index in [1.807, 2.05) is 72.8 Å². The molecule has 0 aliphatic carbocycles. The number of likely N-dealkylation sites (N-methyl/N-ethyl adjacent to an activating group) is 2. The Morgan fingerprint density at radius 1 is 0.560 bits per heavy atom. The van der Waals surface area contributed by atoms with Crippen LogP contribution in [0, 0.1) is 0 Å². The van der Waals surface area contributed by atoms with Crippen LogP contribution in [0.25, 0.3) is 40.3 Å². The number of aliphatic hydroxyl groups is 2. The fourth-order valence-electron chi connectivity index (χ4n) is 6.23. The van der Waals surface area contributed by atoms with Crippen LogP contribution >= 0.6 is 22.7 Å². The molecule has 50 heavy (non-hydrogen) atoms. The molecule has 8 nitrogen and oxygen atoms in total. The Balaban J connectivity index is 0.000000194. The van der Waals surface area contributed by atoms with E-state index in [-0.39, 0.29) is 24.1 Å². The van der Waals surface area contributed by atoms with Gasteiger partial charge in [-0.2, -0.15) is 0 Å². The molecule has 0 amide bonds. The Hall–Kier alpha value is -3.90. The first-order valence-corrected chi connectivity index (χ1v) is 19.1. The molecule has 4 aromatic carbocycles. The summed E-state index contributed by atoms with van der Waals surface area (Å²) >= 11 is 3.14. The number of nitrogens with one attached hydrogen (secondary N) is 2. The zero-order chi connectivity index (χ0) is 35.6. The van der Waals surface area contributed by atoms with Crippen molar-refractivity contribution in [3.8, 4) is 0 Å². The summed E-state index contributed by atoms with van der Waals surface area (Å²) in [6.45, 7) is 16.0. The molecule has 2 heterocycles. The van der Waals surface area contributed by atoms with E-state index >= 15 is 0 Å². The predicted molar refractivity (Wildman–Crippen MR) is 216 cm³/mol. The Kier molecular flexibility index (Phi) is 13.3. The lowest BCUT2D eigenvalue weighted by molar-refractivity contribution is 0.283. The lowest BCUT2D eigenvalue weighted by Crippen LogP contribution is -2.28. The minimum absolute atomic E-state index is 0.0324. The molecule has 0 spiro atoms. The van der Waals surface area contributed by atoms with Gasteiger partial charge < -0.3 is 30.6 Å². The minimum atomic E-state index is -0.0650. The minimum Gasteiger partial charge on any atom is -0.392 e. The summed E-state index contributed by atoms with van der Waals surface area (Å²) in [6.07, 6.45) is 0. The normalized spacial score (nSPS) is 11.5. The van der Waals surface area contributed by atoms with Crippen molar-refractivity contribution in [1.29, 1.82) is 0 Å². The highest BCUT2D eigenvalue weighted by Crippen LogP contribution is 2.33. The molecule has 264 valence electrons. The molecule has 2 aromatic heterocycles. The Morgan fingerprint density at radius 3 is 1.30 bits per heavy atom. The molecule has 0 radical (unpaired) electrons. The zero-order valence-electron chi connectivity index (χ0n) is 29.4. The third-order valence-corrected chi connectivity index (χ3v) is 11.7. The lowest BCUT2D eigenvalue weighted by Gasteiger charge is -2.19. The quantitative estimate of drug-likeness (QED) is 0.0872. The fourth-order valence-corrected chi connectivity index (χ4v) is 8.64. The lowest BCUT2D eigenvalue weighted by atomic mass is 10.1. The standard InChI is InChI=1S/2C20H24N2O2S/c2*1-3-22(4-2)12-11-21-16-10-9-14(13-23)20-18(16)19(24)15-7-5-6-8-17(15)25-20/h2*5-10,21,23H,3-4,11-13H2,1-2H3. The maximum atomic E-state index is 13.1. The van der Waals surface area contributed by atoms with E-state index in [4.69, 9.17) is 0 Å². The van der Waals surface area contributed by atoms with Gasteiger partial charge in [-0.05, 0) is 73.7 Å². The molecule has 6 rings (SSSR count). The second kappa shape index (κ2) is 17.8. The summed E-state index contributed by atoms with van der Waals surface area (Å²) in [4.78, 5) is 30.8. The van der Waals surface area contributed by atoms with Crippen molar-refractivity contribution in [3.05, 3.63) is 104 Å². The number of aliphatic hydroxyl groups excluding tert-OH is 2. The van der Waals surface area contributed by atoms with Gasteiger partial charge in [0.2, 0.25) is 0 Å². The largest absolute Gasteiger partial charge is 0.392 e. The van der Waals surface area contributed by atoms with Gasteiger partial charge >= 0.3 is 0 Å². The summed E-state index contributed by atoms with van der Waals surface area (Å²) in [5.74, 6) is 0. The number of anilines is 2. The van der Waals surface area contributed by atoms with Crippen molar-refractivity contribution < 1.29 is 10.2 Å². The summed E-state index contributed by atoms with van der Waals surface area (Å²) in [5, 5.41) is 29.1. The van der Waals surface area contributed by atoms with E-state index in [2.05, 4.69) is 48.1 Å². The van der Waals surface area contributed by atoms with Gasteiger partial charge in [-0.3, -0.25) is 9.59 Å². The molecule has 0 saturated heterocycles. The number of rotatable bonds is 14. The number of benzene rings is 4. The molecule has 0 unspecified atom stereocenters. The maximum Gasteiger partial charge on any atom is 0.197 e. The second-order valence-corrected chi connectivity index (χ2v) is 14.1. The van der Waals surface area contributed by atoms with Crippen molar-refractivity contribution in [2.75, 3.05) is 63.0 Å². The molecule has 0 aliphatic rings. The first-order valence-electron chi connectivity index (χ1n) is 17.5. The van der Waals surface area contributed by atoms with E-state index in [1.165, 1.54) is 0 Å². The Bertz CT molecular complexity index is 2020. The highest BCUT2D eigenvalue weighted by Gasteiger charge is 2.15. The number of nitrogens with zero attached hydrogens (tertiary/aromatic N) is 2. The van der Waals surface area contributed by atoms with Crippen LogP contribution in [0.1, 0.15) is 38.8 Å². The summed E-state index contributed by atoms with van der Waals surface area (Å²) in [7, 11) is 0. The van der Waals surface area contributed by atoms with Gasteiger partial charge in [0.05, 0.1) is 24.0 Å². The number of fused-ring (bicyclic) bond motifs is 4. The van der Waals surface area contributed by atoms with Crippen molar-refractivity contribution in [1.82, 2.24) is 9.80 Å². The van der Waals surface area contributed by atoms with E-state index in [0.717, 1.165) is 104 Å². The van der Waals surface area contributed by atoms with Crippen LogP contribution in [-0.2, 0) is 13.2 Å². The average molecular weight is 713 g/mol. The van der Waals surface area contributed by atoms with Gasteiger partial charge in [-0.25, -0.2) is 0 Å². The first-order chi connectivity index (χ1) is 24.4. The fraction of sp³-hybridized carbons (Fsp3) is 0.350. The summed E-state index contributed by atoms with van der Waals surface area (Å²) in [5.41, 5.74) is 3.38. The van der Waals surface area contributed by atoms with Crippen LogP contribution in [-0.4, -0.2) is 72.4 Å². The molecule has 0 bridgehead atoms. The summed E-state index contributed by atoms with van der Waals surface area (Å²) in [6, 6.07) is 23.0. The van der Waals surface area contributed by atoms with Gasteiger partial charge in [0.1, 0.15) is 0 Å². The van der Waals surface area contributed by atoms with Gasteiger partial charge in [0.25, 0.3) is 0 Å². The maximum absolute atomic E-state index is 13.1. The van der Waals surface area contributed by atoms with Gasteiger partial charge in [0, 0.05) is 67.1 Å². The van der Waals surface area contributed by atoms with Crippen LogP contribution in [0.5, 0.6) is 0 Å². The zero-order valence-corrected chi connectivity index (χ0v) is 31.1. The smallest absolute Gasteiger partial charge is 0.197 e.